The van der Waals surface area contributed by atoms with Gasteiger partial charge in [0.2, 0.25) is 0 Å². The third-order valence-corrected chi connectivity index (χ3v) is 2.21. The van der Waals surface area contributed by atoms with Crippen LogP contribution in [-0.2, 0) is 6.61 Å². The van der Waals surface area contributed by atoms with Crippen LogP contribution in [0.1, 0.15) is 30.9 Å². The lowest BCUT2D eigenvalue weighted by atomic mass is 10.1. The molecule has 0 bridgehead atoms. The van der Waals surface area contributed by atoms with Gasteiger partial charge in [0.25, 0.3) is 0 Å². The van der Waals surface area contributed by atoms with Gasteiger partial charge in [0.15, 0.2) is 0 Å². The summed E-state index contributed by atoms with van der Waals surface area (Å²) in [6, 6.07) is 5.84. The number of hydrogen-bond acceptors (Lipinski definition) is 2. The number of ether oxygens (including phenoxy) is 1. The van der Waals surface area contributed by atoms with E-state index in [1.54, 1.807) is 0 Å². The summed E-state index contributed by atoms with van der Waals surface area (Å²) in [7, 11) is 0. The molecule has 0 aliphatic rings. The van der Waals surface area contributed by atoms with E-state index in [0.717, 1.165) is 36.3 Å². The molecule has 0 radical (unpaired) electrons. The maximum atomic E-state index is 9.12. The molecule has 1 aromatic rings. The minimum absolute atomic E-state index is 0.0448. The Balaban J connectivity index is 2.72. The molecule has 2 nitrogen and oxygen atoms in total. The Hall–Kier alpha value is -1.02. The Morgan fingerprint density at radius 2 is 2.14 bits per heavy atom. The number of aliphatic hydroxyl groups excluding tert-OH is 1. The molecule has 0 fully saturated rings. The predicted molar refractivity (Wildman–Crippen MR) is 57.5 cm³/mol. The molecular weight excluding hydrogens is 176 g/mol. The Bertz CT molecular complexity index is 282. The molecule has 78 valence electrons. The van der Waals surface area contributed by atoms with Crippen LogP contribution in [-0.4, -0.2) is 11.7 Å². The van der Waals surface area contributed by atoms with Crippen molar-refractivity contribution in [1.82, 2.24) is 0 Å². The standard InChI is InChI=1S/C12H18O2/c1-3-4-8-14-12-10(2)6-5-7-11(12)9-13/h5-7,13H,3-4,8-9H2,1-2H3. The van der Waals surface area contributed by atoms with Crippen LogP contribution in [0, 0.1) is 6.92 Å². The lowest BCUT2D eigenvalue weighted by Gasteiger charge is -2.12. The van der Waals surface area contributed by atoms with Gasteiger partial charge in [-0.3, -0.25) is 0 Å². The van der Waals surface area contributed by atoms with Crippen molar-refractivity contribution in [2.24, 2.45) is 0 Å². The number of unbranched alkanes of at least 4 members (excludes halogenated alkanes) is 1. The molecular formula is C12H18O2. The quantitative estimate of drug-likeness (QED) is 0.730. The third-order valence-electron chi connectivity index (χ3n) is 2.21. The summed E-state index contributed by atoms with van der Waals surface area (Å²) >= 11 is 0. The van der Waals surface area contributed by atoms with Crippen LogP contribution >= 0.6 is 0 Å². The van der Waals surface area contributed by atoms with Crippen LogP contribution in [0.2, 0.25) is 0 Å². The van der Waals surface area contributed by atoms with Crippen molar-refractivity contribution >= 4 is 0 Å². The molecule has 0 unspecified atom stereocenters. The Morgan fingerprint density at radius 3 is 2.79 bits per heavy atom. The van der Waals surface area contributed by atoms with Crippen LogP contribution in [0.25, 0.3) is 0 Å². The Morgan fingerprint density at radius 1 is 1.36 bits per heavy atom. The second-order valence-corrected chi connectivity index (χ2v) is 3.42. The zero-order valence-electron chi connectivity index (χ0n) is 8.92. The molecule has 0 heterocycles. The van der Waals surface area contributed by atoms with E-state index in [9.17, 15) is 0 Å². The maximum absolute atomic E-state index is 9.12. The number of aliphatic hydroxyl groups is 1. The van der Waals surface area contributed by atoms with Crippen molar-refractivity contribution in [3.63, 3.8) is 0 Å². The lowest BCUT2D eigenvalue weighted by Crippen LogP contribution is -2.01. The van der Waals surface area contributed by atoms with Crippen molar-refractivity contribution in [2.45, 2.75) is 33.3 Å². The molecule has 1 N–H and O–H groups in total. The number of rotatable bonds is 5. The summed E-state index contributed by atoms with van der Waals surface area (Å²) in [6.07, 6.45) is 2.18. The first-order valence-corrected chi connectivity index (χ1v) is 5.11. The SMILES string of the molecule is CCCCOc1c(C)cccc1CO. The van der Waals surface area contributed by atoms with Gasteiger partial charge >= 0.3 is 0 Å². The van der Waals surface area contributed by atoms with Gasteiger partial charge in [-0.1, -0.05) is 31.5 Å². The van der Waals surface area contributed by atoms with E-state index in [2.05, 4.69) is 6.92 Å². The summed E-state index contributed by atoms with van der Waals surface area (Å²) in [5.41, 5.74) is 1.97. The molecule has 1 aromatic carbocycles. The largest absolute Gasteiger partial charge is 0.493 e. The molecule has 0 saturated carbocycles. The number of benzene rings is 1. The Labute approximate surface area is 85.5 Å². The maximum Gasteiger partial charge on any atom is 0.127 e. The van der Waals surface area contributed by atoms with Gasteiger partial charge in [-0.25, -0.2) is 0 Å². The average Bonchev–Trinajstić information content (AvgIpc) is 2.20. The van der Waals surface area contributed by atoms with E-state index < -0.39 is 0 Å². The van der Waals surface area contributed by atoms with Crippen LogP contribution in [0.3, 0.4) is 0 Å². The highest BCUT2D eigenvalue weighted by Gasteiger charge is 2.04. The minimum atomic E-state index is 0.0448. The number of aryl methyl sites for hydroxylation is 1. The second kappa shape index (κ2) is 5.66. The van der Waals surface area contributed by atoms with Gasteiger partial charge in [-0.15, -0.1) is 0 Å². The molecule has 2 heteroatoms. The van der Waals surface area contributed by atoms with Crippen molar-refractivity contribution < 1.29 is 9.84 Å². The lowest BCUT2D eigenvalue weighted by molar-refractivity contribution is 0.260. The first kappa shape index (κ1) is 11.1. The van der Waals surface area contributed by atoms with Gasteiger partial charge < -0.3 is 9.84 Å². The highest BCUT2D eigenvalue weighted by Crippen LogP contribution is 2.23. The third kappa shape index (κ3) is 2.74. The van der Waals surface area contributed by atoms with E-state index in [-0.39, 0.29) is 6.61 Å². The van der Waals surface area contributed by atoms with Crippen molar-refractivity contribution in [2.75, 3.05) is 6.61 Å². The smallest absolute Gasteiger partial charge is 0.127 e. The van der Waals surface area contributed by atoms with E-state index >= 15 is 0 Å². The molecule has 0 amide bonds. The predicted octanol–water partition coefficient (Wildman–Crippen LogP) is 2.67. The second-order valence-electron chi connectivity index (χ2n) is 3.42. The van der Waals surface area contributed by atoms with Gasteiger partial charge in [0.05, 0.1) is 13.2 Å². The molecule has 0 saturated heterocycles. The topological polar surface area (TPSA) is 29.5 Å². The van der Waals surface area contributed by atoms with Crippen LogP contribution < -0.4 is 4.74 Å². The highest BCUT2D eigenvalue weighted by atomic mass is 16.5. The minimum Gasteiger partial charge on any atom is -0.493 e. The Kier molecular flexibility index (Phi) is 4.47. The van der Waals surface area contributed by atoms with E-state index in [1.807, 2.05) is 25.1 Å². The highest BCUT2D eigenvalue weighted by molar-refractivity contribution is 5.40. The summed E-state index contributed by atoms with van der Waals surface area (Å²) in [6.45, 7) is 4.91. The number of hydrogen-bond donors (Lipinski definition) is 1. The summed E-state index contributed by atoms with van der Waals surface area (Å²) in [4.78, 5) is 0. The summed E-state index contributed by atoms with van der Waals surface area (Å²) < 4.78 is 5.64. The van der Waals surface area contributed by atoms with E-state index in [1.165, 1.54) is 0 Å². The molecule has 1 rings (SSSR count). The molecule has 0 aromatic heterocycles. The fourth-order valence-electron chi connectivity index (χ4n) is 1.36. The van der Waals surface area contributed by atoms with E-state index in [4.69, 9.17) is 9.84 Å². The van der Waals surface area contributed by atoms with Gasteiger partial charge in [0.1, 0.15) is 5.75 Å². The molecule has 0 aliphatic heterocycles. The molecule has 0 aliphatic carbocycles. The van der Waals surface area contributed by atoms with Crippen LogP contribution in [0.5, 0.6) is 5.75 Å². The first-order chi connectivity index (χ1) is 6.79. The molecule has 0 spiro atoms. The fraction of sp³-hybridized carbons (Fsp3) is 0.500. The van der Waals surface area contributed by atoms with Crippen LogP contribution in [0.4, 0.5) is 0 Å². The van der Waals surface area contributed by atoms with Crippen molar-refractivity contribution in [3.05, 3.63) is 29.3 Å². The van der Waals surface area contributed by atoms with Crippen molar-refractivity contribution in [1.29, 1.82) is 0 Å². The zero-order valence-corrected chi connectivity index (χ0v) is 8.92. The normalized spacial score (nSPS) is 10.2. The molecule has 14 heavy (non-hydrogen) atoms. The molecule has 0 atom stereocenters. The van der Waals surface area contributed by atoms with Crippen LogP contribution in [0.15, 0.2) is 18.2 Å². The van der Waals surface area contributed by atoms with E-state index in [0.29, 0.717) is 0 Å². The fourth-order valence-corrected chi connectivity index (χ4v) is 1.36. The van der Waals surface area contributed by atoms with Gasteiger partial charge in [-0.2, -0.15) is 0 Å². The summed E-state index contributed by atoms with van der Waals surface area (Å²) in [5, 5.41) is 9.12. The average molecular weight is 194 g/mol. The number of para-hydroxylation sites is 1. The van der Waals surface area contributed by atoms with Gasteiger partial charge in [-0.05, 0) is 18.9 Å². The monoisotopic (exact) mass is 194 g/mol. The summed E-state index contributed by atoms with van der Waals surface area (Å²) in [5.74, 6) is 0.850. The van der Waals surface area contributed by atoms with Gasteiger partial charge in [0, 0.05) is 5.56 Å². The van der Waals surface area contributed by atoms with Crippen molar-refractivity contribution in [3.8, 4) is 5.75 Å². The zero-order chi connectivity index (χ0) is 10.4. The first-order valence-electron chi connectivity index (χ1n) is 5.11.